The van der Waals surface area contributed by atoms with Crippen molar-refractivity contribution in [2.45, 2.75) is 33.2 Å². The first kappa shape index (κ1) is 13.1. The summed E-state index contributed by atoms with van der Waals surface area (Å²) in [5.41, 5.74) is 2.51. The molecule has 1 heterocycles. The van der Waals surface area contributed by atoms with Gasteiger partial charge in [0.05, 0.1) is 11.2 Å². The van der Waals surface area contributed by atoms with Gasteiger partial charge in [-0.3, -0.25) is 4.68 Å². The van der Waals surface area contributed by atoms with Crippen LogP contribution in [0.5, 0.6) is 0 Å². The second kappa shape index (κ2) is 6.01. The standard InChI is InChI=1S/C15H23N3/c1-4-18-15-8-6-5-7-13(15)14(17-18)10-9-12(2)11-16-3/h5-8,12,16H,4,9-11H2,1-3H3. The van der Waals surface area contributed by atoms with Gasteiger partial charge in [0.2, 0.25) is 0 Å². The van der Waals surface area contributed by atoms with Crippen LogP contribution in [0.4, 0.5) is 0 Å². The third-order valence-corrected chi connectivity index (χ3v) is 3.46. The van der Waals surface area contributed by atoms with Crippen LogP contribution in [0, 0.1) is 5.92 Å². The molecule has 0 bridgehead atoms. The van der Waals surface area contributed by atoms with Gasteiger partial charge in [-0.2, -0.15) is 5.10 Å². The fraction of sp³-hybridized carbons (Fsp3) is 0.533. The highest BCUT2D eigenvalue weighted by Crippen LogP contribution is 2.20. The molecule has 0 aliphatic rings. The third kappa shape index (κ3) is 2.72. The first-order chi connectivity index (χ1) is 8.76. The van der Waals surface area contributed by atoms with E-state index < -0.39 is 0 Å². The molecule has 0 spiro atoms. The van der Waals surface area contributed by atoms with Crippen molar-refractivity contribution in [3.63, 3.8) is 0 Å². The molecule has 18 heavy (non-hydrogen) atoms. The number of aromatic nitrogens is 2. The lowest BCUT2D eigenvalue weighted by Gasteiger charge is -2.08. The number of nitrogens with zero attached hydrogens (tertiary/aromatic N) is 2. The van der Waals surface area contributed by atoms with Crippen LogP contribution < -0.4 is 5.32 Å². The van der Waals surface area contributed by atoms with Crippen molar-refractivity contribution in [3.8, 4) is 0 Å². The lowest BCUT2D eigenvalue weighted by molar-refractivity contribution is 0.500. The molecule has 0 amide bonds. The SMILES string of the molecule is CCn1nc(CCC(C)CNC)c2ccccc21. The zero-order valence-corrected chi connectivity index (χ0v) is 11.6. The average molecular weight is 245 g/mol. The predicted octanol–water partition coefficient (Wildman–Crippen LogP) is 2.84. The van der Waals surface area contributed by atoms with Crippen molar-refractivity contribution in [2.75, 3.05) is 13.6 Å². The summed E-state index contributed by atoms with van der Waals surface area (Å²) in [6.45, 7) is 6.45. The molecule has 1 N–H and O–H groups in total. The maximum absolute atomic E-state index is 4.74. The fourth-order valence-corrected chi connectivity index (χ4v) is 2.46. The minimum absolute atomic E-state index is 0.695. The second-order valence-electron chi connectivity index (χ2n) is 4.98. The van der Waals surface area contributed by atoms with Crippen molar-refractivity contribution in [1.82, 2.24) is 15.1 Å². The summed E-state index contributed by atoms with van der Waals surface area (Å²) in [5, 5.41) is 9.28. The topological polar surface area (TPSA) is 29.9 Å². The smallest absolute Gasteiger partial charge is 0.0703 e. The van der Waals surface area contributed by atoms with Crippen LogP contribution >= 0.6 is 0 Å². The molecule has 0 fully saturated rings. The third-order valence-electron chi connectivity index (χ3n) is 3.46. The fourth-order valence-electron chi connectivity index (χ4n) is 2.46. The molecule has 3 nitrogen and oxygen atoms in total. The largest absolute Gasteiger partial charge is 0.319 e. The molecule has 98 valence electrons. The number of fused-ring (bicyclic) bond motifs is 1. The molecule has 0 saturated heterocycles. The Morgan fingerprint density at radius 2 is 2.11 bits per heavy atom. The van der Waals surface area contributed by atoms with E-state index in [1.54, 1.807) is 0 Å². The number of nitrogens with one attached hydrogen (secondary N) is 1. The van der Waals surface area contributed by atoms with Gasteiger partial charge in [-0.1, -0.05) is 25.1 Å². The Balaban J connectivity index is 2.18. The quantitative estimate of drug-likeness (QED) is 0.848. The highest BCUT2D eigenvalue weighted by atomic mass is 15.3. The van der Waals surface area contributed by atoms with Crippen LogP contribution in [-0.4, -0.2) is 23.4 Å². The number of aryl methyl sites for hydroxylation is 2. The van der Waals surface area contributed by atoms with E-state index >= 15 is 0 Å². The van der Waals surface area contributed by atoms with Gasteiger partial charge >= 0.3 is 0 Å². The molecule has 0 radical (unpaired) electrons. The molecule has 0 aliphatic carbocycles. The number of hydrogen-bond acceptors (Lipinski definition) is 2. The Labute approximate surface area is 109 Å². The molecule has 0 saturated carbocycles. The number of hydrogen-bond donors (Lipinski definition) is 1. The van der Waals surface area contributed by atoms with E-state index in [2.05, 4.69) is 48.1 Å². The van der Waals surface area contributed by atoms with Crippen molar-refractivity contribution >= 4 is 10.9 Å². The second-order valence-corrected chi connectivity index (χ2v) is 4.98. The minimum Gasteiger partial charge on any atom is -0.319 e. The normalized spacial score (nSPS) is 13.1. The molecule has 1 atom stereocenters. The van der Waals surface area contributed by atoms with Gasteiger partial charge in [0.15, 0.2) is 0 Å². The monoisotopic (exact) mass is 245 g/mol. The maximum atomic E-state index is 4.74. The van der Waals surface area contributed by atoms with Crippen LogP contribution in [0.3, 0.4) is 0 Å². The van der Waals surface area contributed by atoms with E-state index in [1.807, 2.05) is 7.05 Å². The molecule has 2 aromatic rings. The highest BCUT2D eigenvalue weighted by molar-refractivity contribution is 5.81. The van der Waals surface area contributed by atoms with Crippen molar-refractivity contribution in [1.29, 1.82) is 0 Å². The Morgan fingerprint density at radius 3 is 2.83 bits per heavy atom. The highest BCUT2D eigenvalue weighted by Gasteiger charge is 2.10. The average Bonchev–Trinajstić information content (AvgIpc) is 2.75. The van der Waals surface area contributed by atoms with Crippen molar-refractivity contribution in [2.24, 2.45) is 5.92 Å². The van der Waals surface area contributed by atoms with Crippen molar-refractivity contribution < 1.29 is 0 Å². The molecule has 1 aromatic heterocycles. The van der Waals surface area contributed by atoms with Crippen LogP contribution in [0.15, 0.2) is 24.3 Å². The summed E-state index contributed by atoms with van der Waals surface area (Å²) in [5.74, 6) is 0.695. The van der Waals surface area contributed by atoms with Gasteiger partial charge in [0, 0.05) is 11.9 Å². The van der Waals surface area contributed by atoms with Crippen LogP contribution in [0.1, 0.15) is 26.0 Å². The van der Waals surface area contributed by atoms with E-state index in [0.29, 0.717) is 5.92 Å². The number of benzene rings is 1. The number of rotatable bonds is 6. The van der Waals surface area contributed by atoms with E-state index in [1.165, 1.54) is 23.0 Å². The number of para-hydroxylation sites is 1. The summed E-state index contributed by atoms with van der Waals surface area (Å²) in [6, 6.07) is 8.53. The van der Waals surface area contributed by atoms with Crippen LogP contribution in [0.25, 0.3) is 10.9 Å². The molecule has 1 aromatic carbocycles. The Hall–Kier alpha value is -1.35. The minimum atomic E-state index is 0.695. The summed E-state index contributed by atoms with van der Waals surface area (Å²) in [7, 11) is 2.01. The van der Waals surface area contributed by atoms with Crippen molar-refractivity contribution in [3.05, 3.63) is 30.0 Å². The zero-order valence-electron chi connectivity index (χ0n) is 11.6. The molecule has 1 unspecified atom stereocenters. The summed E-state index contributed by atoms with van der Waals surface area (Å²) < 4.78 is 2.10. The lowest BCUT2D eigenvalue weighted by Crippen LogP contribution is -2.16. The molecule has 2 rings (SSSR count). The van der Waals surface area contributed by atoms with E-state index in [0.717, 1.165) is 19.5 Å². The Morgan fingerprint density at radius 1 is 1.33 bits per heavy atom. The molecular formula is C15H23N3. The molecule has 3 heteroatoms. The van der Waals surface area contributed by atoms with Crippen LogP contribution in [-0.2, 0) is 13.0 Å². The van der Waals surface area contributed by atoms with Gasteiger partial charge in [0.1, 0.15) is 0 Å². The summed E-state index contributed by atoms with van der Waals surface area (Å²) in [4.78, 5) is 0. The lowest BCUT2D eigenvalue weighted by atomic mass is 10.0. The maximum Gasteiger partial charge on any atom is 0.0703 e. The van der Waals surface area contributed by atoms with E-state index in [4.69, 9.17) is 5.10 Å². The van der Waals surface area contributed by atoms with Gasteiger partial charge in [-0.15, -0.1) is 0 Å². The zero-order chi connectivity index (χ0) is 13.0. The Kier molecular flexibility index (Phi) is 4.37. The van der Waals surface area contributed by atoms with E-state index in [-0.39, 0.29) is 0 Å². The predicted molar refractivity (Wildman–Crippen MR) is 76.8 cm³/mol. The van der Waals surface area contributed by atoms with Gasteiger partial charge in [-0.05, 0) is 45.3 Å². The van der Waals surface area contributed by atoms with Gasteiger partial charge in [-0.25, -0.2) is 0 Å². The molecule has 0 aliphatic heterocycles. The first-order valence-electron chi connectivity index (χ1n) is 6.85. The van der Waals surface area contributed by atoms with Gasteiger partial charge in [0.25, 0.3) is 0 Å². The summed E-state index contributed by atoms with van der Waals surface area (Å²) >= 11 is 0. The van der Waals surface area contributed by atoms with E-state index in [9.17, 15) is 0 Å². The summed E-state index contributed by atoms with van der Waals surface area (Å²) in [6.07, 6.45) is 2.25. The Bertz CT molecular complexity index is 501. The van der Waals surface area contributed by atoms with Crippen LogP contribution in [0.2, 0.25) is 0 Å². The molecular weight excluding hydrogens is 222 g/mol. The first-order valence-corrected chi connectivity index (χ1v) is 6.85. The van der Waals surface area contributed by atoms with Gasteiger partial charge < -0.3 is 5.32 Å².